The lowest BCUT2D eigenvalue weighted by Gasteiger charge is -2.39. The molecule has 0 bridgehead atoms. The molecule has 1 unspecified atom stereocenters. The van der Waals surface area contributed by atoms with Crippen LogP contribution in [0, 0.1) is 0 Å². The predicted octanol–water partition coefficient (Wildman–Crippen LogP) is 3.54. The summed E-state index contributed by atoms with van der Waals surface area (Å²) in [5.41, 5.74) is 3.66. The van der Waals surface area contributed by atoms with Gasteiger partial charge in [-0.15, -0.1) is 0 Å². The second-order valence-electron chi connectivity index (χ2n) is 4.91. The van der Waals surface area contributed by atoms with Gasteiger partial charge in [0.1, 0.15) is 0 Å². The van der Waals surface area contributed by atoms with Gasteiger partial charge >= 0.3 is 0 Å². The van der Waals surface area contributed by atoms with E-state index in [-0.39, 0.29) is 0 Å². The lowest BCUT2D eigenvalue weighted by atomic mass is 9.65. The van der Waals surface area contributed by atoms with E-state index in [2.05, 4.69) is 46.5 Å². The Labute approximate surface area is 99.4 Å². The van der Waals surface area contributed by atoms with Crippen molar-refractivity contribution in [3.05, 3.63) is 33.8 Å². The second-order valence-corrected chi connectivity index (χ2v) is 5.83. The van der Waals surface area contributed by atoms with Gasteiger partial charge in [0.05, 0.1) is 0 Å². The minimum absolute atomic E-state index is 0.531. The Balaban J connectivity index is 2.10. The Morgan fingerprint density at radius 1 is 1.40 bits per heavy atom. The minimum Gasteiger partial charge on any atom is -0.313 e. The molecule has 2 aliphatic carbocycles. The molecule has 0 radical (unpaired) electrons. The number of hydrogen-bond donors (Lipinski definition) is 1. The van der Waals surface area contributed by atoms with Crippen molar-refractivity contribution >= 4 is 15.9 Å². The molecular weight excluding hydrogens is 250 g/mol. The molecule has 1 atom stereocenters. The SMILES string of the molecule is CNC1CC2(CCC2)c2ccc(Br)cc21. The summed E-state index contributed by atoms with van der Waals surface area (Å²) >= 11 is 3.57. The van der Waals surface area contributed by atoms with E-state index in [1.807, 2.05) is 0 Å². The van der Waals surface area contributed by atoms with Gasteiger partial charge in [-0.05, 0) is 55.0 Å². The Morgan fingerprint density at radius 3 is 2.80 bits per heavy atom. The highest BCUT2D eigenvalue weighted by atomic mass is 79.9. The molecule has 1 saturated carbocycles. The van der Waals surface area contributed by atoms with Crippen molar-refractivity contribution in [2.45, 2.75) is 37.1 Å². The van der Waals surface area contributed by atoms with Crippen LogP contribution in [0.15, 0.2) is 22.7 Å². The molecule has 2 aliphatic rings. The summed E-state index contributed by atoms with van der Waals surface area (Å²) in [7, 11) is 2.08. The van der Waals surface area contributed by atoms with E-state index in [9.17, 15) is 0 Å². The summed E-state index contributed by atoms with van der Waals surface area (Å²) in [4.78, 5) is 0. The maximum Gasteiger partial charge on any atom is 0.0329 e. The lowest BCUT2D eigenvalue weighted by molar-refractivity contribution is 0.227. The molecule has 0 amide bonds. The van der Waals surface area contributed by atoms with Crippen LogP contribution in [0.3, 0.4) is 0 Å². The van der Waals surface area contributed by atoms with Crippen molar-refractivity contribution in [3.63, 3.8) is 0 Å². The van der Waals surface area contributed by atoms with Gasteiger partial charge in [-0.2, -0.15) is 0 Å². The quantitative estimate of drug-likeness (QED) is 0.819. The summed E-state index contributed by atoms with van der Waals surface area (Å²) in [6, 6.07) is 7.38. The highest BCUT2D eigenvalue weighted by Gasteiger charge is 2.46. The van der Waals surface area contributed by atoms with Gasteiger partial charge in [-0.3, -0.25) is 0 Å². The molecule has 1 spiro atoms. The van der Waals surface area contributed by atoms with Gasteiger partial charge in [-0.25, -0.2) is 0 Å². The number of hydrogen-bond acceptors (Lipinski definition) is 1. The molecule has 1 nitrogen and oxygen atoms in total. The van der Waals surface area contributed by atoms with Crippen LogP contribution in [0.1, 0.15) is 42.9 Å². The van der Waals surface area contributed by atoms with Gasteiger partial charge in [-0.1, -0.05) is 28.4 Å². The van der Waals surface area contributed by atoms with Crippen molar-refractivity contribution in [1.29, 1.82) is 0 Å². The van der Waals surface area contributed by atoms with Gasteiger partial charge in [0.15, 0.2) is 0 Å². The van der Waals surface area contributed by atoms with Crippen LogP contribution in [0.25, 0.3) is 0 Å². The average molecular weight is 266 g/mol. The molecule has 1 aromatic carbocycles. The van der Waals surface area contributed by atoms with E-state index >= 15 is 0 Å². The summed E-state index contributed by atoms with van der Waals surface area (Å²) in [6.45, 7) is 0. The largest absolute Gasteiger partial charge is 0.313 e. The molecule has 1 aromatic rings. The zero-order valence-electron chi connectivity index (χ0n) is 9.02. The zero-order valence-corrected chi connectivity index (χ0v) is 10.6. The van der Waals surface area contributed by atoms with Crippen LogP contribution in [0.5, 0.6) is 0 Å². The molecular formula is C13H16BrN. The molecule has 1 N–H and O–H groups in total. The van der Waals surface area contributed by atoms with Crippen LogP contribution in [-0.4, -0.2) is 7.05 Å². The van der Waals surface area contributed by atoms with E-state index in [1.165, 1.54) is 35.7 Å². The predicted molar refractivity (Wildman–Crippen MR) is 66.1 cm³/mol. The van der Waals surface area contributed by atoms with Crippen LogP contribution in [0.4, 0.5) is 0 Å². The topological polar surface area (TPSA) is 12.0 Å². The number of fused-ring (bicyclic) bond motifs is 2. The summed E-state index contributed by atoms with van der Waals surface area (Å²) in [6.07, 6.45) is 5.49. The van der Waals surface area contributed by atoms with Crippen molar-refractivity contribution < 1.29 is 0 Å². The highest BCUT2D eigenvalue weighted by Crippen LogP contribution is 2.56. The molecule has 1 fully saturated rings. The first kappa shape index (κ1) is 9.86. The third kappa shape index (κ3) is 1.31. The van der Waals surface area contributed by atoms with E-state index in [4.69, 9.17) is 0 Å². The van der Waals surface area contributed by atoms with Gasteiger partial charge < -0.3 is 5.32 Å². The van der Waals surface area contributed by atoms with Gasteiger partial charge in [0.2, 0.25) is 0 Å². The highest BCUT2D eigenvalue weighted by molar-refractivity contribution is 9.10. The molecule has 80 valence electrons. The van der Waals surface area contributed by atoms with E-state index in [1.54, 1.807) is 5.56 Å². The number of rotatable bonds is 1. The first-order chi connectivity index (χ1) is 7.25. The molecule has 2 heteroatoms. The Kier molecular flexibility index (Phi) is 2.18. The van der Waals surface area contributed by atoms with Crippen molar-refractivity contribution in [2.24, 2.45) is 0 Å². The maximum atomic E-state index is 3.57. The van der Waals surface area contributed by atoms with Gasteiger partial charge in [0, 0.05) is 10.5 Å². The van der Waals surface area contributed by atoms with Crippen molar-refractivity contribution in [3.8, 4) is 0 Å². The first-order valence-corrected chi connectivity index (χ1v) is 6.52. The molecule has 0 saturated heterocycles. The molecule has 0 aliphatic heterocycles. The third-order valence-corrected chi connectivity index (χ3v) is 4.71. The normalized spacial score (nSPS) is 26.4. The second kappa shape index (κ2) is 3.33. The van der Waals surface area contributed by atoms with Crippen LogP contribution < -0.4 is 5.32 Å². The Morgan fingerprint density at radius 2 is 2.20 bits per heavy atom. The molecule has 3 rings (SSSR count). The molecule has 0 aromatic heterocycles. The summed E-state index contributed by atoms with van der Waals surface area (Å²) in [5.74, 6) is 0. The van der Waals surface area contributed by atoms with E-state index in [0.717, 1.165) is 0 Å². The van der Waals surface area contributed by atoms with Crippen molar-refractivity contribution in [1.82, 2.24) is 5.32 Å². The van der Waals surface area contributed by atoms with E-state index in [0.29, 0.717) is 11.5 Å². The number of halogens is 1. The fourth-order valence-corrected chi connectivity index (χ4v) is 3.63. The van der Waals surface area contributed by atoms with Crippen LogP contribution in [-0.2, 0) is 5.41 Å². The molecule has 15 heavy (non-hydrogen) atoms. The minimum atomic E-state index is 0.531. The standard InChI is InChI=1S/C13H16BrN/c1-15-12-8-13(5-2-6-13)11-4-3-9(14)7-10(11)12/h3-4,7,12,15H,2,5-6,8H2,1H3. The fraction of sp³-hybridized carbons (Fsp3) is 0.538. The van der Waals surface area contributed by atoms with Crippen molar-refractivity contribution in [2.75, 3.05) is 7.05 Å². The monoisotopic (exact) mass is 265 g/mol. The summed E-state index contributed by atoms with van der Waals surface area (Å²) in [5, 5.41) is 3.45. The Hall–Kier alpha value is -0.340. The average Bonchev–Trinajstić information content (AvgIpc) is 2.51. The number of benzene rings is 1. The van der Waals surface area contributed by atoms with Crippen LogP contribution >= 0.6 is 15.9 Å². The summed E-state index contributed by atoms with van der Waals surface area (Å²) < 4.78 is 1.21. The Bertz CT molecular complexity index is 396. The lowest BCUT2D eigenvalue weighted by Crippen LogP contribution is -2.32. The fourth-order valence-electron chi connectivity index (χ4n) is 3.25. The number of nitrogens with one attached hydrogen (secondary N) is 1. The molecule has 0 heterocycles. The maximum absolute atomic E-state index is 3.57. The van der Waals surface area contributed by atoms with Crippen LogP contribution in [0.2, 0.25) is 0 Å². The third-order valence-electron chi connectivity index (χ3n) is 4.21. The van der Waals surface area contributed by atoms with Gasteiger partial charge in [0.25, 0.3) is 0 Å². The smallest absolute Gasteiger partial charge is 0.0329 e. The van der Waals surface area contributed by atoms with E-state index < -0.39 is 0 Å². The first-order valence-electron chi connectivity index (χ1n) is 5.72. The zero-order chi connectivity index (χ0) is 10.5.